The summed E-state index contributed by atoms with van der Waals surface area (Å²) in [7, 11) is 0. The molecule has 0 atom stereocenters. The van der Waals surface area contributed by atoms with Gasteiger partial charge < -0.3 is 16.4 Å². The van der Waals surface area contributed by atoms with Gasteiger partial charge in [0.25, 0.3) is 0 Å². The number of primary amides is 1. The van der Waals surface area contributed by atoms with Crippen molar-refractivity contribution < 1.29 is 4.79 Å². The highest BCUT2D eigenvalue weighted by Crippen LogP contribution is 2.39. The molecule has 0 aromatic heterocycles. The van der Waals surface area contributed by atoms with Gasteiger partial charge in [-0.1, -0.05) is 36.0 Å². The first-order chi connectivity index (χ1) is 8.99. The Morgan fingerprint density at radius 1 is 1.26 bits per heavy atom. The number of amides is 1. The Kier molecular flexibility index (Phi) is 4.42. The van der Waals surface area contributed by atoms with Crippen molar-refractivity contribution in [3.8, 4) is 0 Å². The average Bonchev–Trinajstić information content (AvgIpc) is 2.78. The van der Waals surface area contributed by atoms with Gasteiger partial charge in [0, 0.05) is 11.7 Å². The molecule has 4 nitrogen and oxygen atoms in total. The fourth-order valence-corrected chi connectivity index (χ4v) is 3.36. The summed E-state index contributed by atoms with van der Waals surface area (Å²) >= 11 is 12.5. The van der Waals surface area contributed by atoms with Crippen LogP contribution in [0.25, 0.3) is 0 Å². The Labute approximate surface area is 122 Å². The molecule has 1 fully saturated rings. The molecule has 1 aliphatic carbocycles. The summed E-state index contributed by atoms with van der Waals surface area (Å²) in [6.45, 7) is 0.119. The van der Waals surface area contributed by atoms with Crippen LogP contribution < -0.4 is 16.4 Å². The van der Waals surface area contributed by atoms with Crippen molar-refractivity contribution in [3.05, 3.63) is 22.2 Å². The van der Waals surface area contributed by atoms with E-state index in [4.69, 9.17) is 34.7 Å². The molecule has 0 heterocycles. The Morgan fingerprint density at radius 2 is 1.79 bits per heavy atom. The molecule has 0 radical (unpaired) electrons. The molecule has 0 unspecified atom stereocenters. The van der Waals surface area contributed by atoms with E-state index in [2.05, 4.69) is 0 Å². The summed E-state index contributed by atoms with van der Waals surface area (Å²) in [5.41, 5.74) is 12.2. The quantitative estimate of drug-likeness (QED) is 0.840. The third kappa shape index (κ3) is 3.25. The largest absolute Gasteiger partial charge is 0.399 e. The maximum Gasteiger partial charge on any atom is 0.236 e. The highest BCUT2D eigenvalue weighted by atomic mass is 35.5. The maximum atomic E-state index is 11.3. The van der Waals surface area contributed by atoms with Gasteiger partial charge in [-0.3, -0.25) is 4.79 Å². The Balaban J connectivity index is 2.39. The summed E-state index contributed by atoms with van der Waals surface area (Å²) in [6, 6.07) is 3.54. The van der Waals surface area contributed by atoms with Crippen LogP contribution >= 0.6 is 23.2 Å². The average molecular weight is 302 g/mol. The zero-order chi connectivity index (χ0) is 14.0. The van der Waals surface area contributed by atoms with E-state index in [0.717, 1.165) is 25.7 Å². The molecule has 1 aromatic carbocycles. The van der Waals surface area contributed by atoms with E-state index in [9.17, 15) is 4.79 Å². The van der Waals surface area contributed by atoms with Crippen molar-refractivity contribution >= 4 is 40.5 Å². The van der Waals surface area contributed by atoms with Crippen molar-refractivity contribution in [2.24, 2.45) is 5.73 Å². The minimum atomic E-state index is -0.393. The SMILES string of the molecule is NC(=O)CN(c1c(Cl)cc(N)cc1Cl)C1CCCC1. The number of halogens is 2. The van der Waals surface area contributed by atoms with Gasteiger partial charge in [-0.15, -0.1) is 0 Å². The molecule has 0 spiro atoms. The molecular formula is C13H17Cl2N3O. The van der Waals surface area contributed by atoms with Gasteiger partial charge in [-0.05, 0) is 25.0 Å². The van der Waals surface area contributed by atoms with Gasteiger partial charge in [0.1, 0.15) is 0 Å². The fourth-order valence-electron chi connectivity index (χ4n) is 2.63. The second kappa shape index (κ2) is 5.88. The lowest BCUT2D eigenvalue weighted by Crippen LogP contribution is -2.40. The zero-order valence-electron chi connectivity index (χ0n) is 10.5. The van der Waals surface area contributed by atoms with Gasteiger partial charge >= 0.3 is 0 Å². The van der Waals surface area contributed by atoms with Crippen LogP contribution in [0, 0.1) is 0 Å². The van der Waals surface area contributed by atoms with E-state index >= 15 is 0 Å². The minimum Gasteiger partial charge on any atom is -0.399 e. The van der Waals surface area contributed by atoms with E-state index in [1.54, 1.807) is 12.1 Å². The number of carbonyl (C=O) groups excluding carboxylic acids is 1. The van der Waals surface area contributed by atoms with Gasteiger partial charge in [0.2, 0.25) is 5.91 Å². The predicted molar refractivity (Wildman–Crippen MR) is 79.7 cm³/mol. The molecule has 1 aliphatic rings. The maximum absolute atomic E-state index is 11.3. The standard InChI is InChI=1S/C13H17Cl2N3O/c14-10-5-8(16)6-11(15)13(10)18(7-12(17)19)9-3-1-2-4-9/h5-6,9H,1-4,7,16H2,(H2,17,19). The summed E-state index contributed by atoms with van der Waals surface area (Å²) in [5, 5.41) is 0.913. The Bertz CT molecular complexity index is 464. The van der Waals surface area contributed by atoms with E-state index in [1.165, 1.54) is 0 Å². The number of hydrogen-bond acceptors (Lipinski definition) is 3. The molecule has 1 amide bonds. The van der Waals surface area contributed by atoms with Crippen LogP contribution in [0.15, 0.2) is 12.1 Å². The van der Waals surface area contributed by atoms with Crippen molar-refractivity contribution in [2.75, 3.05) is 17.2 Å². The molecular weight excluding hydrogens is 285 g/mol. The first kappa shape index (κ1) is 14.3. The fraction of sp³-hybridized carbons (Fsp3) is 0.462. The van der Waals surface area contributed by atoms with Crippen LogP contribution in [-0.2, 0) is 4.79 Å². The topological polar surface area (TPSA) is 72.4 Å². The summed E-state index contributed by atoms with van der Waals surface area (Å²) in [5.74, 6) is -0.393. The van der Waals surface area contributed by atoms with Crippen molar-refractivity contribution in [1.29, 1.82) is 0 Å². The molecule has 1 saturated carbocycles. The Morgan fingerprint density at radius 3 is 2.26 bits per heavy atom. The lowest BCUT2D eigenvalue weighted by atomic mass is 10.1. The van der Waals surface area contributed by atoms with E-state index in [-0.39, 0.29) is 12.6 Å². The summed E-state index contributed by atoms with van der Waals surface area (Å²) < 4.78 is 0. The number of nitrogen functional groups attached to an aromatic ring is 1. The number of nitrogens with zero attached hydrogens (tertiary/aromatic N) is 1. The predicted octanol–water partition coefficient (Wildman–Crippen LogP) is 2.81. The second-order valence-corrected chi connectivity index (χ2v) is 5.68. The van der Waals surface area contributed by atoms with Crippen LogP contribution in [0.4, 0.5) is 11.4 Å². The van der Waals surface area contributed by atoms with Crippen LogP contribution in [-0.4, -0.2) is 18.5 Å². The van der Waals surface area contributed by atoms with Crippen molar-refractivity contribution in [3.63, 3.8) is 0 Å². The van der Waals surface area contributed by atoms with Gasteiger partial charge in [0.15, 0.2) is 0 Å². The lowest BCUT2D eigenvalue weighted by molar-refractivity contribution is -0.116. The molecule has 1 aromatic rings. The molecule has 6 heteroatoms. The third-order valence-electron chi connectivity index (χ3n) is 3.42. The first-order valence-electron chi connectivity index (χ1n) is 6.28. The Hall–Kier alpha value is -1.13. The van der Waals surface area contributed by atoms with Gasteiger partial charge in [-0.25, -0.2) is 0 Å². The van der Waals surface area contributed by atoms with E-state index < -0.39 is 5.91 Å². The van der Waals surface area contributed by atoms with E-state index in [0.29, 0.717) is 21.4 Å². The number of rotatable bonds is 4. The molecule has 104 valence electrons. The molecule has 4 N–H and O–H groups in total. The monoisotopic (exact) mass is 301 g/mol. The number of nitrogens with two attached hydrogens (primary N) is 2. The summed E-state index contributed by atoms with van der Waals surface area (Å²) in [6.07, 6.45) is 4.32. The molecule has 0 aliphatic heterocycles. The number of carbonyl (C=O) groups is 1. The van der Waals surface area contributed by atoms with E-state index in [1.807, 2.05) is 4.90 Å². The normalized spacial score (nSPS) is 15.7. The molecule has 2 rings (SSSR count). The molecule has 0 saturated heterocycles. The number of hydrogen-bond donors (Lipinski definition) is 2. The number of anilines is 2. The highest BCUT2D eigenvalue weighted by Gasteiger charge is 2.27. The number of benzene rings is 1. The smallest absolute Gasteiger partial charge is 0.236 e. The zero-order valence-corrected chi connectivity index (χ0v) is 12.0. The van der Waals surface area contributed by atoms with Crippen molar-refractivity contribution in [1.82, 2.24) is 0 Å². The van der Waals surface area contributed by atoms with Crippen molar-refractivity contribution in [2.45, 2.75) is 31.7 Å². The highest BCUT2D eigenvalue weighted by molar-refractivity contribution is 6.39. The van der Waals surface area contributed by atoms with Crippen LogP contribution in [0.3, 0.4) is 0 Å². The molecule has 19 heavy (non-hydrogen) atoms. The summed E-state index contributed by atoms with van der Waals surface area (Å²) in [4.78, 5) is 13.2. The van der Waals surface area contributed by atoms with Gasteiger partial charge in [0.05, 0.1) is 22.3 Å². The van der Waals surface area contributed by atoms with Crippen LogP contribution in [0.1, 0.15) is 25.7 Å². The molecule has 0 bridgehead atoms. The van der Waals surface area contributed by atoms with Crippen LogP contribution in [0.2, 0.25) is 10.0 Å². The third-order valence-corrected chi connectivity index (χ3v) is 3.99. The minimum absolute atomic E-state index is 0.119. The second-order valence-electron chi connectivity index (χ2n) is 4.87. The van der Waals surface area contributed by atoms with Crippen LogP contribution in [0.5, 0.6) is 0 Å². The lowest BCUT2D eigenvalue weighted by Gasteiger charge is -2.31. The first-order valence-corrected chi connectivity index (χ1v) is 7.04. The van der Waals surface area contributed by atoms with Gasteiger partial charge in [-0.2, -0.15) is 0 Å².